The molecule has 1 atom stereocenters. The van der Waals surface area contributed by atoms with Crippen LogP contribution < -0.4 is 0 Å². The van der Waals surface area contributed by atoms with Gasteiger partial charge in [0.15, 0.2) is 0 Å². The van der Waals surface area contributed by atoms with Gasteiger partial charge in [0.05, 0.1) is 10.9 Å². The minimum atomic E-state index is -0.0520. The minimum Gasteiger partial charge on any atom is -0.302 e. The first-order valence-corrected chi connectivity index (χ1v) is 5.82. The third kappa shape index (κ3) is 2.50. The van der Waals surface area contributed by atoms with E-state index in [0.717, 1.165) is 29.0 Å². The van der Waals surface area contributed by atoms with Crippen LogP contribution in [0.1, 0.15) is 25.1 Å². The maximum absolute atomic E-state index is 10.6. The summed E-state index contributed by atoms with van der Waals surface area (Å²) in [4.78, 5) is 10.6. The second-order valence-corrected chi connectivity index (χ2v) is 4.67. The van der Waals surface area contributed by atoms with E-state index in [9.17, 15) is 4.79 Å². The summed E-state index contributed by atoms with van der Waals surface area (Å²) >= 11 is 1.52. The van der Waals surface area contributed by atoms with Crippen molar-refractivity contribution in [3.8, 4) is 0 Å². The highest BCUT2D eigenvalue weighted by Gasteiger charge is 2.15. The van der Waals surface area contributed by atoms with E-state index in [1.54, 1.807) is 0 Å². The lowest BCUT2D eigenvalue weighted by molar-refractivity contribution is -0.107. The molecule has 0 aromatic carbocycles. The predicted molar refractivity (Wildman–Crippen MR) is 64.1 cm³/mol. The fourth-order valence-corrected chi connectivity index (χ4v) is 2.32. The lowest BCUT2D eigenvalue weighted by atomic mass is 10.2. The number of rotatable bonds is 5. The molecule has 1 unspecified atom stereocenters. The van der Waals surface area contributed by atoms with Crippen LogP contribution in [-0.4, -0.2) is 21.3 Å². The van der Waals surface area contributed by atoms with Crippen LogP contribution in [-0.2, 0) is 18.3 Å². The van der Waals surface area contributed by atoms with Gasteiger partial charge in [-0.25, -0.2) is 0 Å². The number of nitrogens with zero attached hydrogens (tertiary/aromatic N) is 2. The van der Waals surface area contributed by atoms with Gasteiger partial charge in [-0.2, -0.15) is 5.10 Å². The molecule has 0 radical (unpaired) electrons. The molecule has 0 spiro atoms. The maximum Gasteiger partial charge on any atom is 0.133 e. The van der Waals surface area contributed by atoms with Crippen molar-refractivity contribution < 1.29 is 4.79 Å². The molecule has 15 heavy (non-hydrogen) atoms. The second kappa shape index (κ2) is 5.16. The molecule has 0 saturated heterocycles. The van der Waals surface area contributed by atoms with Crippen molar-refractivity contribution in [1.29, 1.82) is 0 Å². The number of hydrogen-bond acceptors (Lipinski definition) is 3. The third-order valence-corrected chi connectivity index (χ3v) is 3.32. The molecular weight excluding hydrogens is 208 g/mol. The van der Waals surface area contributed by atoms with Crippen LogP contribution in [0.2, 0.25) is 0 Å². The quantitative estimate of drug-likeness (QED) is 0.568. The Kier molecular flexibility index (Phi) is 4.15. The Bertz CT molecular complexity index is 371. The van der Waals surface area contributed by atoms with Crippen LogP contribution in [0.4, 0.5) is 0 Å². The van der Waals surface area contributed by atoms with E-state index in [1.165, 1.54) is 11.8 Å². The smallest absolute Gasteiger partial charge is 0.133 e. The minimum absolute atomic E-state index is 0.0520. The number of aryl methyl sites for hydroxylation is 2. The van der Waals surface area contributed by atoms with Gasteiger partial charge in [0.1, 0.15) is 11.3 Å². The first-order chi connectivity index (χ1) is 7.13. The SMILES string of the molecule is C=Cc1c(CC)nn(C)c1SC(C)C=O. The largest absolute Gasteiger partial charge is 0.302 e. The van der Waals surface area contributed by atoms with Gasteiger partial charge in [0.25, 0.3) is 0 Å². The van der Waals surface area contributed by atoms with Gasteiger partial charge in [0, 0.05) is 12.6 Å². The summed E-state index contributed by atoms with van der Waals surface area (Å²) in [7, 11) is 1.89. The Morgan fingerprint density at radius 3 is 2.80 bits per heavy atom. The van der Waals surface area contributed by atoms with Crippen LogP contribution in [0.3, 0.4) is 0 Å². The maximum atomic E-state index is 10.6. The van der Waals surface area contributed by atoms with Crippen LogP contribution in [0.5, 0.6) is 0 Å². The topological polar surface area (TPSA) is 34.9 Å². The Hall–Kier alpha value is -1.03. The Labute approximate surface area is 94.6 Å². The number of carbonyl (C=O) groups excluding carboxylic acids is 1. The molecule has 1 heterocycles. The van der Waals surface area contributed by atoms with E-state index >= 15 is 0 Å². The normalized spacial score (nSPS) is 12.5. The molecule has 1 aromatic heterocycles. The molecular formula is C11H16N2OS. The van der Waals surface area contributed by atoms with Gasteiger partial charge < -0.3 is 4.79 Å². The molecule has 0 aliphatic carbocycles. The van der Waals surface area contributed by atoms with Gasteiger partial charge in [0.2, 0.25) is 0 Å². The summed E-state index contributed by atoms with van der Waals surface area (Å²) in [6, 6.07) is 0. The van der Waals surface area contributed by atoms with Crippen LogP contribution >= 0.6 is 11.8 Å². The Balaban J connectivity index is 3.09. The van der Waals surface area contributed by atoms with Crippen molar-refractivity contribution in [1.82, 2.24) is 9.78 Å². The summed E-state index contributed by atoms with van der Waals surface area (Å²) in [5, 5.41) is 5.36. The van der Waals surface area contributed by atoms with Crippen molar-refractivity contribution in [3.63, 3.8) is 0 Å². The molecule has 4 heteroatoms. The lowest BCUT2D eigenvalue weighted by Gasteiger charge is -2.05. The highest BCUT2D eigenvalue weighted by atomic mass is 32.2. The second-order valence-electron chi connectivity index (χ2n) is 3.31. The highest BCUT2D eigenvalue weighted by molar-refractivity contribution is 8.00. The highest BCUT2D eigenvalue weighted by Crippen LogP contribution is 2.28. The third-order valence-electron chi connectivity index (χ3n) is 2.13. The van der Waals surface area contributed by atoms with E-state index < -0.39 is 0 Å². The molecule has 0 aliphatic rings. The molecule has 3 nitrogen and oxygen atoms in total. The zero-order chi connectivity index (χ0) is 11.4. The monoisotopic (exact) mass is 224 g/mol. The zero-order valence-electron chi connectivity index (χ0n) is 9.36. The molecule has 82 valence electrons. The molecule has 0 aliphatic heterocycles. The number of hydrogen-bond donors (Lipinski definition) is 0. The number of thioether (sulfide) groups is 1. The van der Waals surface area contributed by atoms with Crippen molar-refractivity contribution in [3.05, 3.63) is 17.8 Å². The standard InChI is InChI=1S/C11H16N2OS/c1-5-9-10(6-2)12-13(4)11(9)15-8(3)7-14/h5,7-8H,1,6H2,2-4H3. The average molecular weight is 224 g/mol. The van der Waals surface area contributed by atoms with E-state index in [0.29, 0.717) is 0 Å². The van der Waals surface area contributed by atoms with Gasteiger partial charge in [-0.1, -0.05) is 31.3 Å². The van der Waals surface area contributed by atoms with E-state index in [1.807, 2.05) is 24.7 Å². The first-order valence-electron chi connectivity index (χ1n) is 4.94. The first kappa shape index (κ1) is 12.0. The summed E-state index contributed by atoms with van der Waals surface area (Å²) in [5.74, 6) is 0. The van der Waals surface area contributed by atoms with E-state index in [2.05, 4.69) is 18.6 Å². The van der Waals surface area contributed by atoms with Crippen LogP contribution in [0, 0.1) is 0 Å². The van der Waals surface area contributed by atoms with Crippen LogP contribution in [0.15, 0.2) is 11.6 Å². The van der Waals surface area contributed by atoms with Crippen LogP contribution in [0.25, 0.3) is 6.08 Å². The number of aldehydes is 1. The molecule has 0 N–H and O–H groups in total. The predicted octanol–water partition coefficient (Wildman–Crippen LogP) is 2.31. The fraction of sp³-hybridized carbons (Fsp3) is 0.455. The molecule has 0 amide bonds. The van der Waals surface area contributed by atoms with Gasteiger partial charge in [-0.05, 0) is 13.3 Å². The van der Waals surface area contributed by atoms with Gasteiger partial charge in [-0.15, -0.1) is 0 Å². The van der Waals surface area contributed by atoms with Gasteiger partial charge >= 0.3 is 0 Å². The molecule has 0 saturated carbocycles. The summed E-state index contributed by atoms with van der Waals surface area (Å²) in [6.07, 6.45) is 3.63. The van der Waals surface area contributed by atoms with Gasteiger partial charge in [-0.3, -0.25) is 4.68 Å². The summed E-state index contributed by atoms with van der Waals surface area (Å²) < 4.78 is 1.82. The number of aromatic nitrogens is 2. The Morgan fingerprint density at radius 2 is 2.33 bits per heavy atom. The number of carbonyl (C=O) groups is 1. The van der Waals surface area contributed by atoms with Crippen molar-refractivity contribution in [2.45, 2.75) is 30.5 Å². The molecule has 0 fully saturated rings. The summed E-state index contributed by atoms with van der Waals surface area (Å²) in [5.41, 5.74) is 2.09. The molecule has 1 rings (SSSR count). The summed E-state index contributed by atoms with van der Waals surface area (Å²) in [6.45, 7) is 7.73. The van der Waals surface area contributed by atoms with E-state index in [4.69, 9.17) is 0 Å². The van der Waals surface area contributed by atoms with Crippen molar-refractivity contribution in [2.24, 2.45) is 7.05 Å². The zero-order valence-corrected chi connectivity index (χ0v) is 10.2. The molecule has 1 aromatic rings. The van der Waals surface area contributed by atoms with Crippen molar-refractivity contribution in [2.75, 3.05) is 0 Å². The Morgan fingerprint density at radius 1 is 1.67 bits per heavy atom. The van der Waals surface area contributed by atoms with Crippen molar-refractivity contribution >= 4 is 24.1 Å². The lowest BCUT2D eigenvalue weighted by Crippen LogP contribution is -2.00. The van der Waals surface area contributed by atoms with E-state index in [-0.39, 0.29) is 5.25 Å². The fourth-order valence-electron chi connectivity index (χ4n) is 1.39. The molecule has 0 bridgehead atoms. The average Bonchev–Trinajstić information content (AvgIpc) is 2.55.